The van der Waals surface area contributed by atoms with Crippen LogP contribution < -0.4 is 5.32 Å². The first-order valence-corrected chi connectivity index (χ1v) is 6.71. The summed E-state index contributed by atoms with van der Waals surface area (Å²) < 4.78 is 5.38. The van der Waals surface area contributed by atoms with E-state index in [1.165, 1.54) is 0 Å². The van der Waals surface area contributed by atoms with E-state index in [9.17, 15) is 4.79 Å². The highest BCUT2D eigenvalue weighted by Crippen LogP contribution is 2.22. The predicted molar refractivity (Wildman–Crippen MR) is 73.6 cm³/mol. The lowest BCUT2D eigenvalue weighted by Crippen LogP contribution is -2.39. The number of ether oxygens (including phenoxy) is 1. The number of hydrogen-bond donors (Lipinski definition) is 1. The Morgan fingerprint density at radius 3 is 2.78 bits per heavy atom. The highest BCUT2D eigenvalue weighted by atomic mass is 16.6. The SMILES string of the molecule is C=CC(NCC)C1CCN(C(=O)OC(C)(C)C)C1. The molecule has 2 atom stereocenters. The van der Waals surface area contributed by atoms with E-state index in [0.717, 1.165) is 26.1 Å². The predicted octanol–water partition coefficient (Wildman–Crippen LogP) is 2.41. The van der Waals surface area contributed by atoms with Crippen LogP contribution in [0.25, 0.3) is 0 Å². The van der Waals surface area contributed by atoms with Crippen LogP contribution in [0.5, 0.6) is 0 Å². The molecule has 0 spiro atoms. The lowest BCUT2D eigenvalue weighted by atomic mass is 9.99. The molecule has 0 aromatic heterocycles. The molecule has 1 aliphatic heterocycles. The minimum Gasteiger partial charge on any atom is -0.444 e. The van der Waals surface area contributed by atoms with Crippen molar-refractivity contribution in [2.75, 3.05) is 19.6 Å². The Bertz CT molecular complexity index is 297. The van der Waals surface area contributed by atoms with E-state index in [0.29, 0.717) is 5.92 Å². The van der Waals surface area contributed by atoms with E-state index >= 15 is 0 Å². The molecular weight excluding hydrogens is 228 g/mol. The summed E-state index contributed by atoms with van der Waals surface area (Å²) in [5, 5.41) is 3.39. The molecule has 1 fully saturated rings. The summed E-state index contributed by atoms with van der Waals surface area (Å²) in [6.45, 7) is 14.1. The summed E-state index contributed by atoms with van der Waals surface area (Å²) >= 11 is 0. The molecule has 1 heterocycles. The number of rotatable bonds is 4. The molecule has 0 radical (unpaired) electrons. The molecule has 2 unspecified atom stereocenters. The normalized spacial score (nSPS) is 21.8. The number of carbonyl (C=O) groups is 1. The largest absolute Gasteiger partial charge is 0.444 e. The van der Waals surface area contributed by atoms with Crippen molar-refractivity contribution in [2.24, 2.45) is 5.92 Å². The van der Waals surface area contributed by atoms with Gasteiger partial charge in [0.1, 0.15) is 5.60 Å². The highest BCUT2D eigenvalue weighted by Gasteiger charge is 2.32. The summed E-state index contributed by atoms with van der Waals surface area (Å²) in [4.78, 5) is 13.7. The lowest BCUT2D eigenvalue weighted by molar-refractivity contribution is 0.0287. The second-order valence-electron chi connectivity index (χ2n) is 5.79. The molecule has 1 aliphatic rings. The maximum atomic E-state index is 11.9. The standard InChI is InChI=1S/C14H26N2O2/c1-6-12(15-7-2)11-8-9-16(10-11)13(17)18-14(3,4)5/h6,11-12,15H,1,7-10H2,2-5H3. The van der Waals surface area contributed by atoms with Gasteiger partial charge in [0.15, 0.2) is 0 Å². The quantitative estimate of drug-likeness (QED) is 0.783. The number of carbonyl (C=O) groups excluding carboxylic acids is 1. The van der Waals surface area contributed by atoms with Gasteiger partial charge < -0.3 is 15.0 Å². The number of hydrogen-bond acceptors (Lipinski definition) is 3. The first-order valence-electron chi connectivity index (χ1n) is 6.71. The third kappa shape index (κ3) is 4.33. The Labute approximate surface area is 110 Å². The zero-order chi connectivity index (χ0) is 13.8. The molecule has 1 rings (SSSR count). The first-order chi connectivity index (χ1) is 8.37. The molecule has 0 bridgehead atoms. The van der Waals surface area contributed by atoms with Gasteiger partial charge in [0, 0.05) is 19.1 Å². The fourth-order valence-corrected chi connectivity index (χ4v) is 2.25. The maximum absolute atomic E-state index is 11.9. The first kappa shape index (κ1) is 15.0. The van der Waals surface area contributed by atoms with Crippen LogP contribution in [0.2, 0.25) is 0 Å². The molecule has 0 aromatic rings. The van der Waals surface area contributed by atoms with Gasteiger partial charge in [0.2, 0.25) is 0 Å². The Balaban J connectivity index is 2.50. The van der Waals surface area contributed by atoms with E-state index < -0.39 is 5.60 Å². The molecule has 1 N–H and O–H groups in total. The van der Waals surface area contributed by atoms with Crippen molar-refractivity contribution >= 4 is 6.09 Å². The van der Waals surface area contributed by atoms with Crippen LogP contribution in [0.1, 0.15) is 34.1 Å². The average molecular weight is 254 g/mol. The van der Waals surface area contributed by atoms with Crippen LogP contribution in [-0.4, -0.2) is 42.3 Å². The van der Waals surface area contributed by atoms with Gasteiger partial charge >= 0.3 is 6.09 Å². The van der Waals surface area contributed by atoms with Crippen molar-refractivity contribution in [3.05, 3.63) is 12.7 Å². The molecule has 0 saturated carbocycles. The zero-order valence-corrected chi connectivity index (χ0v) is 12.0. The average Bonchev–Trinajstić information content (AvgIpc) is 2.72. The Kier molecular flexibility index (Phi) is 5.20. The number of amides is 1. The van der Waals surface area contributed by atoms with Gasteiger partial charge in [0.05, 0.1) is 0 Å². The van der Waals surface area contributed by atoms with Gasteiger partial charge in [-0.15, -0.1) is 6.58 Å². The summed E-state index contributed by atoms with van der Waals surface area (Å²) in [6, 6.07) is 0.280. The van der Waals surface area contributed by atoms with Crippen molar-refractivity contribution < 1.29 is 9.53 Å². The maximum Gasteiger partial charge on any atom is 0.410 e. The Morgan fingerprint density at radius 1 is 1.61 bits per heavy atom. The van der Waals surface area contributed by atoms with Crippen LogP contribution in [-0.2, 0) is 4.74 Å². The topological polar surface area (TPSA) is 41.6 Å². The fraction of sp³-hybridized carbons (Fsp3) is 0.786. The number of nitrogens with zero attached hydrogens (tertiary/aromatic N) is 1. The summed E-state index contributed by atoms with van der Waals surface area (Å²) in [5.41, 5.74) is -0.422. The van der Waals surface area contributed by atoms with Gasteiger partial charge in [-0.05, 0) is 39.7 Å². The third-order valence-electron chi connectivity index (χ3n) is 3.08. The Hall–Kier alpha value is -1.03. The van der Waals surface area contributed by atoms with Gasteiger partial charge in [-0.3, -0.25) is 0 Å². The summed E-state index contributed by atoms with van der Waals surface area (Å²) in [6.07, 6.45) is 2.74. The molecule has 0 aromatic carbocycles. The van der Waals surface area contributed by atoms with Crippen LogP contribution in [0.3, 0.4) is 0 Å². The van der Waals surface area contributed by atoms with Gasteiger partial charge in [-0.2, -0.15) is 0 Å². The molecule has 4 heteroatoms. The highest BCUT2D eigenvalue weighted by molar-refractivity contribution is 5.68. The molecule has 1 amide bonds. The van der Waals surface area contributed by atoms with E-state index in [1.807, 2.05) is 26.8 Å². The van der Waals surface area contributed by atoms with Crippen LogP contribution in [0, 0.1) is 5.92 Å². The van der Waals surface area contributed by atoms with Crippen molar-refractivity contribution in [3.63, 3.8) is 0 Å². The smallest absolute Gasteiger partial charge is 0.410 e. The Morgan fingerprint density at radius 2 is 2.28 bits per heavy atom. The fourth-order valence-electron chi connectivity index (χ4n) is 2.25. The number of likely N-dealkylation sites (N-methyl/N-ethyl adjacent to an activating group) is 1. The molecule has 0 aliphatic carbocycles. The summed E-state index contributed by atoms with van der Waals surface area (Å²) in [7, 11) is 0. The van der Waals surface area contributed by atoms with E-state index in [-0.39, 0.29) is 12.1 Å². The third-order valence-corrected chi connectivity index (χ3v) is 3.08. The minimum absolute atomic E-state index is 0.204. The molecular formula is C14H26N2O2. The molecule has 18 heavy (non-hydrogen) atoms. The van der Waals surface area contributed by atoms with E-state index in [1.54, 1.807) is 4.90 Å². The van der Waals surface area contributed by atoms with Crippen molar-refractivity contribution in [3.8, 4) is 0 Å². The number of nitrogens with one attached hydrogen (secondary N) is 1. The monoisotopic (exact) mass is 254 g/mol. The van der Waals surface area contributed by atoms with Crippen molar-refractivity contribution in [1.82, 2.24) is 10.2 Å². The van der Waals surface area contributed by atoms with Crippen LogP contribution >= 0.6 is 0 Å². The molecule has 1 saturated heterocycles. The van der Waals surface area contributed by atoms with E-state index in [4.69, 9.17) is 4.74 Å². The van der Waals surface area contributed by atoms with Crippen molar-refractivity contribution in [1.29, 1.82) is 0 Å². The molecule has 4 nitrogen and oxygen atoms in total. The summed E-state index contributed by atoms with van der Waals surface area (Å²) in [5.74, 6) is 0.440. The van der Waals surface area contributed by atoms with Gasteiger partial charge in [0.25, 0.3) is 0 Å². The van der Waals surface area contributed by atoms with Crippen LogP contribution in [0.15, 0.2) is 12.7 Å². The lowest BCUT2D eigenvalue weighted by Gasteiger charge is -2.25. The second-order valence-corrected chi connectivity index (χ2v) is 5.79. The van der Waals surface area contributed by atoms with Crippen molar-refractivity contribution in [2.45, 2.75) is 45.8 Å². The second kappa shape index (κ2) is 6.23. The zero-order valence-electron chi connectivity index (χ0n) is 12.0. The van der Waals surface area contributed by atoms with Crippen LogP contribution in [0.4, 0.5) is 4.79 Å². The minimum atomic E-state index is -0.422. The molecule has 104 valence electrons. The number of likely N-dealkylation sites (tertiary alicyclic amines) is 1. The van der Waals surface area contributed by atoms with E-state index in [2.05, 4.69) is 18.8 Å². The van der Waals surface area contributed by atoms with Gasteiger partial charge in [-0.1, -0.05) is 13.0 Å². The van der Waals surface area contributed by atoms with Gasteiger partial charge in [-0.25, -0.2) is 4.79 Å².